The molecule has 0 aliphatic carbocycles. The van der Waals surface area contributed by atoms with Crippen LogP contribution in [-0.4, -0.2) is 53.4 Å². The van der Waals surface area contributed by atoms with E-state index >= 15 is 0 Å². The molecule has 154 valence electrons. The fourth-order valence-electron chi connectivity index (χ4n) is 3.47. The Hall–Kier alpha value is -2.96. The number of rotatable bonds is 6. The van der Waals surface area contributed by atoms with Gasteiger partial charge in [0.2, 0.25) is 0 Å². The molecule has 3 aromatic rings. The summed E-state index contributed by atoms with van der Waals surface area (Å²) in [6.45, 7) is 6.18. The summed E-state index contributed by atoms with van der Waals surface area (Å²) in [5, 5.41) is 5.87. The first kappa shape index (κ1) is 20.3. The molecule has 1 fully saturated rings. The Morgan fingerprint density at radius 3 is 2.67 bits per heavy atom. The largest absolute Gasteiger partial charge is 0.335 e. The molecule has 0 bridgehead atoms. The van der Waals surface area contributed by atoms with Gasteiger partial charge in [0.1, 0.15) is 5.69 Å². The van der Waals surface area contributed by atoms with Gasteiger partial charge in [-0.3, -0.25) is 9.69 Å². The first-order valence-electron chi connectivity index (χ1n) is 10.2. The lowest BCUT2D eigenvalue weighted by Crippen LogP contribution is -2.48. The average molecular weight is 419 g/mol. The summed E-state index contributed by atoms with van der Waals surface area (Å²) >= 11 is 1.46. The van der Waals surface area contributed by atoms with E-state index in [0.29, 0.717) is 5.69 Å². The van der Waals surface area contributed by atoms with Crippen molar-refractivity contribution in [3.63, 3.8) is 0 Å². The molecule has 0 atom stereocenters. The molecule has 0 radical (unpaired) electrons. The van der Waals surface area contributed by atoms with Crippen LogP contribution in [0.2, 0.25) is 0 Å². The van der Waals surface area contributed by atoms with Crippen LogP contribution in [-0.2, 0) is 0 Å². The summed E-state index contributed by atoms with van der Waals surface area (Å²) in [6.07, 6.45) is 4.34. The maximum atomic E-state index is 12.8. The zero-order valence-electron chi connectivity index (χ0n) is 17.1. The number of benzene rings is 2. The van der Waals surface area contributed by atoms with Crippen molar-refractivity contribution in [1.29, 1.82) is 0 Å². The van der Waals surface area contributed by atoms with Gasteiger partial charge in [-0.25, -0.2) is 4.98 Å². The predicted molar refractivity (Wildman–Crippen MR) is 124 cm³/mol. The molecule has 0 spiro atoms. The minimum Gasteiger partial charge on any atom is -0.335 e. The standard InChI is InChI=1S/C24H26N4OS/c1-19-7-5-11-21(17-19)25-24-26-22(18-30-24)23(29)28-15-13-27(14-16-28)12-6-10-20-8-3-2-4-9-20/h2-11,17-18H,12-16H2,1H3,(H,25,26). The molecule has 1 aliphatic heterocycles. The van der Waals surface area contributed by atoms with Crippen LogP contribution in [0.3, 0.4) is 0 Å². The minimum absolute atomic E-state index is 0.0167. The van der Waals surface area contributed by atoms with Crippen LogP contribution in [0.1, 0.15) is 21.6 Å². The number of carbonyl (C=O) groups is 1. The molecule has 2 heterocycles. The molecule has 0 saturated carbocycles. The third kappa shape index (κ3) is 5.34. The number of anilines is 2. The van der Waals surface area contributed by atoms with Gasteiger partial charge >= 0.3 is 0 Å². The highest BCUT2D eigenvalue weighted by atomic mass is 32.1. The number of carbonyl (C=O) groups excluding carboxylic acids is 1. The highest BCUT2D eigenvalue weighted by molar-refractivity contribution is 7.14. The highest BCUT2D eigenvalue weighted by Crippen LogP contribution is 2.22. The predicted octanol–water partition coefficient (Wildman–Crippen LogP) is 4.67. The van der Waals surface area contributed by atoms with Crippen molar-refractivity contribution >= 4 is 34.1 Å². The van der Waals surface area contributed by atoms with Crippen molar-refractivity contribution in [2.75, 3.05) is 38.0 Å². The van der Waals surface area contributed by atoms with Gasteiger partial charge in [0, 0.05) is 43.8 Å². The lowest BCUT2D eigenvalue weighted by atomic mass is 10.2. The van der Waals surface area contributed by atoms with E-state index in [1.165, 1.54) is 22.5 Å². The number of aromatic nitrogens is 1. The number of thiazole rings is 1. The van der Waals surface area contributed by atoms with Crippen LogP contribution in [0, 0.1) is 6.92 Å². The third-order valence-corrected chi connectivity index (χ3v) is 5.88. The maximum Gasteiger partial charge on any atom is 0.273 e. The first-order chi connectivity index (χ1) is 14.7. The van der Waals surface area contributed by atoms with Crippen molar-refractivity contribution in [1.82, 2.24) is 14.8 Å². The molecule has 30 heavy (non-hydrogen) atoms. The van der Waals surface area contributed by atoms with Crippen molar-refractivity contribution in [2.45, 2.75) is 6.92 Å². The monoisotopic (exact) mass is 418 g/mol. The molecule has 1 aliphatic rings. The van der Waals surface area contributed by atoms with Gasteiger partial charge in [0.05, 0.1) is 0 Å². The molecule has 1 saturated heterocycles. The molecule has 1 amide bonds. The number of aryl methyl sites for hydroxylation is 1. The van der Waals surface area contributed by atoms with Gasteiger partial charge in [0.15, 0.2) is 5.13 Å². The molecule has 4 rings (SSSR count). The number of hydrogen-bond donors (Lipinski definition) is 1. The van der Waals surface area contributed by atoms with Crippen LogP contribution < -0.4 is 5.32 Å². The maximum absolute atomic E-state index is 12.8. The van der Waals surface area contributed by atoms with Gasteiger partial charge in [-0.15, -0.1) is 11.3 Å². The Labute approximate surface area is 181 Å². The summed E-state index contributed by atoms with van der Waals surface area (Å²) in [7, 11) is 0. The zero-order chi connectivity index (χ0) is 20.8. The summed E-state index contributed by atoms with van der Waals surface area (Å²) in [4.78, 5) is 21.6. The van der Waals surface area contributed by atoms with E-state index in [2.05, 4.69) is 58.5 Å². The van der Waals surface area contributed by atoms with Gasteiger partial charge in [-0.2, -0.15) is 0 Å². The van der Waals surface area contributed by atoms with Gasteiger partial charge < -0.3 is 10.2 Å². The summed E-state index contributed by atoms with van der Waals surface area (Å²) < 4.78 is 0. The molecule has 6 heteroatoms. The van der Waals surface area contributed by atoms with Crippen LogP contribution in [0.25, 0.3) is 6.08 Å². The number of hydrogen-bond acceptors (Lipinski definition) is 5. The van der Waals surface area contributed by atoms with Gasteiger partial charge in [-0.05, 0) is 30.2 Å². The summed E-state index contributed by atoms with van der Waals surface area (Å²) in [5.74, 6) is 0.0167. The lowest BCUT2D eigenvalue weighted by molar-refractivity contribution is 0.0645. The molecule has 2 aromatic carbocycles. The Kier molecular flexibility index (Phi) is 6.57. The highest BCUT2D eigenvalue weighted by Gasteiger charge is 2.23. The fraction of sp³-hybridized carbons (Fsp3) is 0.250. The third-order valence-electron chi connectivity index (χ3n) is 5.13. The quantitative estimate of drug-likeness (QED) is 0.632. The van der Waals surface area contributed by atoms with Crippen molar-refractivity contribution in [3.05, 3.63) is 82.9 Å². The van der Waals surface area contributed by atoms with Crippen LogP contribution in [0.4, 0.5) is 10.8 Å². The second kappa shape index (κ2) is 9.69. The second-order valence-corrected chi connectivity index (χ2v) is 8.30. The smallest absolute Gasteiger partial charge is 0.273 e. The van der Waals surface area contributed by atoms with E-state index in [1.54, 1.807) is 0 Å². The van der Waals surface area contributed by atoms with Crippen molar-refractivity contribution in [2.24, 2.45) is 0 Å². The van der Waals surface area contributed by atoms with Gasteiger partial charge in [0.25, 0.3) is 5.91 Å². The normalized spacial score (nSPS) is 14.9. The van der Waals surface area contributed by atoms with Crippen LogP contribution in [0.5, 0.6) is 0 Å². The van der Waals surface area contributed by atoms with Crippen molar-refractivity contribution < 1.29 is 4.79 Å². The Morgan fingerprint density at radius 2 is 1.90 bits per heavy atom. The van der Waals surface area contributed by atoms with Crippen LogP contribution >= 0.6 is 11.3 Å². The number of nitrogens with one attached hydrogen (secondary N) is 1. The average Bonchev–Trinajstić information content (AvgIpc) is 3.23. The summed E-state index contributed by atoms with van der Waals surface area (Å²) in [6, 6.07) is 18.4. The summed E-state index contributed by atoms with van der Waals surface area (Å²) in [5.41, 5.74) is 3.90. The number of piperazine rings is 1. The Morgan fingerprint density at radius 1 is 1.10 bits per heavy atom. The Bertz CT molecular complexity index is 1010. The van der Waals surface area contributed by atoms with Crippen molar-refractivity contribution in [3.8, 4) is 0 Å². The van der Waals surface area contributed by atoms with E-state index in [-0.39, 0.29) is 5.91 Å². The Balaban J connectivity index is 1.27. The van der Waals surface area contributed by atoms with E-state index in [9.17, 15) is 4.79 Å². The van der Waals surface area contributed by atoms with E-state index in [1.807, 2.05) is 40.6 Å². The minimum atomic E-state index is 0.0167. The number of nitrogens with zero attached hydrogens (tertiary/aromatic N) is 3. The zero-order valence-corrected chi connectivity index (χ0v) is 17.9. The molecule has 0 unspecified atom stereocenters. The molecule has 1 aromatic heterocycles. The topological polar surface area (TPSA) is 48.5 Å². The fourth-order valence-corrected chi connectivity index (χ4v) is 4.18. The second-order valence-electron chi connectivity index (χ2n) is 7.44. The van der Waals surface area contributed by atoms with Gasteiger partial charge in [-0.1, -0.05) is 54.6 Å². The van der Waals surface area contributed by atoms with E-state index in [0.717, 1.165) is 43.5 Å². The molecule has 1 N–H and O–H groups in total. The molecule has 5 nitrogen and oxygen atoms in total. The van der Waals surface area contributed by atoms with E-state index in [4.69, 9.17) is 0 Å². The molecular weight excluding hydrogens is 392 g/mol. The first-order valence-corrected chi connectivity index (χ1v) is 11.1. The number of amides is 1. The molecular formula is C24H26N4OS. The lowest BCUT2D eigenvalue weighted by Gasteiger charge is -2.33. The van der Waals surface area contributed by atoms with E-state index < -0.39 is 0 Å². The van der Waals surface area contributed by atoms with Crippen LogP contribution in [0.15, 0.2) is 66.1 Å². The SMILES string of the molecule is Cc1cccc(Nc2nc(C(=O)N3CCN(CC=Cc4ccccc4)CC3)cs2)c1.